The van der Waals surface area contributed by atoms with E-state index >= 15 is 0 Å². The number of carbonyl (C=O) groups excluding carboxylic acids is 2. The Bertz CT molecular complexity index is 1250. The van der Waals surface area contributed by atoms with Crippen molar-refractivity contribution in [3.63, 3.8) is 0 Å². The van der Waals surface area contributed by atoms with Gasteiger partial charge in [0.15, 0.2) is 5.82 Å². The van der Waals surface area contributed by atoms with Crippen molar-refractivity contribution in [1.29, 1.82) is 0 Å². The SMILES string of the molecule is COC(=O)c1ccccc1NC(=O)CSc1nnc(-c2cccc(C)c2)n1-n1cccc1. The van der Waals surface area contributed by atoms with E-state index in [-0.39, 0.29) is 11.7 Å². The second kappa shape index (κ2) is 9.52. The average molecular weight is 448 g/mol. The lowest BCUT2D eigenvalue weighted by molar-refractivity contribution is -0.113. The zero-order chi connectivity index (χ0) is 22.5. The van der Waals surface area contributed by atoms with E-state index in [9.17, 15) is 9.59 Å². The molecule has 1 N–H and O–H groups in total. The first kappa shape index (κ1) is 21.4. The number of thioether (sulfide) groups is 1. The van der Waals surface area contributed by atoms with Crippen LogP contribution < -0.4 is 5.32 Å². The average Bonchev–Trinajstić information content (AvgIpc) is 3.47. The van der Waals surface area contributed by atoms with E-state index < -0.39 is 5.97 Å². The molecule has 4 rings (SSSR count). The van der Waals surface area contributed by atoms with Crippen LogP contribution in [-0.4, -0.2) is 44.3 Å². The summed E-state index contributed by atoms with van der Waals surface area (Å²) in [6.07, 6.45) is 3.78. The van der Waals surface area contributed by atoms with Crippen molar-refractivity contribution in [2.45, 2.75) is 12.1 Å². The molecule has 162 valence electrons. The molecule has 0 saturated carbocycles. The number of aryl methyl sites for hydroxylation is 1. The number of esters is 1. The fraction of sp³-hybridized carbons (Fsp3) is 0.130. The maximum absolute atomic E-state index is 12.6. The molecule has 0 spiro atoms. The van der Waals surface area contributed by atoms with Crippen LogP contribution in [0.15, 0.2) is 78.2 Å². The highest BCUT2D eigenvalue weighted by atomic mass is 32.2. The summed E-state index contributed by atoms with van der Waals surface area (Å²) in [6.45, 7) is 2.02. The summed E-state index contributed by atoms with van der Waals surface area (Å²) < 4.78 is 8.50. The lowest BCUT2D eigenvalue weighted by atomic mass is 10.1. The molecule has 0 unspecified atom stereocenters. The Balaban J connectivity index is 1.56. The molecule has 2 heterocycles. The van der Waals surface area contributed by atoms with Gasteiger partial charge in [0, 0.05) is 18.0 Å². The zero-order valence-corrected chi connectivity index (χ0v) is 18.4. The summed E-state index contributed by atoms with van der Waals surface area (Å²) in [4.78, 5) is 24.5. The number of benzene rings is 2. The topological polar surface area (TPSA) is 91.0 Å². The third kappa shape index (κ3) is 4.57. The molecular weight excluding hydrogens is 426 g/mol. The number of methoxy groups -OCH3 is 1. The van der Waals surface area contributed by atoms with Gasteiger partial charge in [-0.15, -0.1) is 10.2 Å². The fourth-order valence-corrected chi connectivity index (χ4v) is 3.92. The van der Waals surface area contributed by atoms with E-state index in [4.69, 9.17) is 4.74 Å². The van der Waals surface area contributed by atoms with Crippen molar-refractivity contribution in [1.82, 2.24) is 19.5 Å². The van der Waals surface area contributed by atoms with Crippen LogP contribution in [0.1, 0.15) is 15.9 Å². The van der Waals surface area contributed by atoms with Gasteiger partial charge in [-0.05, 0) is 37.3 Å². The van der Waals surface area contributed by atoms with E-state index in [0.29, 0.717) is 22.2 Å². The number of hydrogen-bond donors (Lipinski definition) is 1. The number of hydrogen-bond acceptors (Lipinski definition) is 6. The number of anilines is 1. The second-order valence-electron chi connectivity index (χ2n) is 6.92. The zero-order valence-electron chi connectivity index (χ0n) is 17.6. The summed E-state index contributed by atoms with van der Waals surface area (Å²) in [6, 6.07) is 18.5. The van der Waals surface area contributed by atoms with Crippen molar-refractivity contribution in [3.05, 3.63) is 84.2 Å². The number of rotatable bonds is 7. The third-order valence-corrected chi connectivity index (χ3v) is 5.57. The molecule has 0 aliphatic rings. The lowest BCUT2D eigenvalue weighted by Crippen LogP contribution is -2.18. The molecular formula is C23H21N5O3S. The fourth-order valence-electron chi connectivity index (χ4n) is 3.18. The molecule has 0 atom stereocenters. The molecule has 32 heavy (non-hydrogen) atoms. The first-order chi connectivity index (χ1) is 15.6. The number of amides is 1. The molecule has 0 aliphatic heterocycles. The Morgan fingerprint density at radius 1 is 1.03 bits per heavy atom. The van der Waals surface area contributed by atoms with Crippen LogP contribution in [-0.2, 0) is 9.53 Å². The normalized spacial score (nSPS) is 10.7. The number of aromatic nitrogens is 4. The molecule has 2 aromatic heterocycles. The van der Waals surface area contributed by atoms with Gasteiger partial charge in [0.2, 0.25) is 11.1 Å². The molecule has 8 nitrogen and oxygen atoms in total. The summed E-state index contributed by atoms with van der Waals surface area (Å²) in [5, 5.41) is 12.0. The van der Waals surface area contributed by atoms with E-state index in [0.717, 1.165) is 11.1 Å². The van der Waals surface area contributed by atoms with Crippen LogP contribution in [0, 0.1) is 6.92 Å². The van der Waals surface area contributed by atoms with Gasteiger partial charge in [0.25, 0.3) is 0 Å². The molecule has 2 aromatic carbocycles. The van der Waals surface area contributed by atoms with Crippen molar-refractivity contribution < 1.29 is 14.3 Å². The quantitative estimate of drug-likeness (QED) is 0.341. The molecule has 0 saturated heterocycles. The van der Waals surface area contributed by atoms with Gasteiger partial charge in [0.1, 0.15) is 0 Å². The number of nitrogens with one attached hydrogen (secondary N) is 1. The van der Waals surface area contributed by atoms with Gasteiger partial charge >= 0.3 is 5.97 Å². The van der Waals surface area contributed by atoms with Crippen LogP contribution in [0.4, 0.5) is 5.69 Å². The lowest BCUT2D eigenvalue weighted by Gasteiger charge is -2.12. The Hall–Kier alpha value is -3.85. The number of para-hydroxylation sites is 1. The molecule has 0 aliphatic carbocycles. The van der Waals surface area contributed by atoms with E-state index in [1.165, 1.54) is 18.9 Å². The molecule has 0 bridgehead atoms. The first-order valence-electron chi connectivity index (χ1n) is 9.83. The van der Waals surface area contributed by atoms with Gasteiger partial charge in [-0.3, -0.25) is 9.47 Å². The van der Waals surface area contributed by atoms with Crippen LogP contribution in [0.3, 0.4) is 0 Å². The Labute approximate surface area is 189 Å². The summed E-state index contributed by atoms with van der Waals surface area (Å²) in [5.74, 6) is -0.0269. The molecule has 4 aromatic rings. The Morgan fingerprint density at radius 3 is 2.56 bits per heavy atom. The Kier molecular flexibility index (Phi) is 6.37. The minimum atomic E-state index is -0.510. The monoisotopic (exact) mass is 447 g/mol. The minimum Gasteiger partial charge on any atom is -0.465 e. The van der Waals surface area contributed by atoms with Crippen molar-refractivity contribution in [2.75, 3.05) is 18.2 Å². The van der Waals surface area contributed by atoms with Gasteiger partial charge in [0.05, 0.1) is 24.1 Å². The van der Waals surface area contributed by atoms with E-state index in [2.05, 4.69) is 15.5 Å². The highest BCUT2D eigenvalue weighted by molar-refractivity contribution is 7.99. The highest BCUT2D eigenvalue weighted by Crippen LogP contribution is 2.25. The predicted octanol–water partition coefficient (Wildman–Crippen LogP) is 3.88. The van der Waals surface area contributed by atoms with Crippen LogP contribution in [0.5, 0.6) is 0 Å². The van der Waals surface area contributed by atoms with Gasteiger partial charge < -0.3 is 10.1 Å². The van der Waals surface area contributed by atoms with Crippen molar-refractivity contribution >= 4 is 29.3 Å². The van der Waals surface area contributed by atoms with Gasteiger partial charge in [-0.1, -0.05) is 47.7 Å². The highest BCUT2D eigenvalue weighted by Gasteiger charge is 2.18. The van der Waals surface area contributed by atoms with Crippen LogP contribution in [0.2, 0.25) is 0 Å². The minimum absolute atomic E-state index is 0.0860. The second-order valence-corrected chi connectivity index (χ2v) is 7.87. The maximum atomic E-state index is 12.6. The molecule has 0 fully saturated rings. The number of ether oxygens (including phenoxy) is 1. The third-order valence-electron chi connectivity index (χ3n) is 4.65. The van der Waals surface area contributed by atoms with Gasteiger partial charge in [-0.2, -0.15) is 0 Å². The molecule has 0 radical (unpaired) electrons. The Morgan fingerprint density at radius 2 is 1.81 bits per heavy atom. The molecule has 9 heteroatoms. The summed E-state index contributed by atoms with van der Waals surface area (Å²) >= 11 is 1.25. The van der Waals surface area contributed by atoms with E-state index in [1.54, 1.807) is 24.3 Å². The smallest absolute Gasteiger partial charge is 0.339 e. The predicted molar refractivity (Wildman–Crippen MR) is 123 cm³/mol. The standard InChI is InChI=1S/C23H21N5O3S/c1-16-8-7-9-17(14-16)21-25-26-23(28(21)27-12-5-6-13-27)32-15-20(29)24-19-11-4-3-10-18(19)22(30)31-2/h3-14H,15H2,1-2H3,(H,24,29). The van der Waals surface area contributed by atoms with Crippen molar-refractivity contribution in [3.8, 4) is 11.4 Å². The maximum Gasteiger partial charge on any atom is 0.339 e. The van der Waals surface area contributed by atoms with Gasteiger partial charge in [-0.25, -0.2) is 9.47 Å². The first-order valence-corrected chi connectivity index (χ1v) is 10.8. The molecule has 1 amide bonds. The largest absolute Gasteiger partial charge is 0.465 e. The van der Waals surface area contributed by atoms with Crippen molar-refractivity contribution in [2.24, 2.45) is 0 Å². The van der Waals surface area contributed by atoms with Crippen LogP contribution >= 0.6 is 11.8 Å². The summed E-state index contributed by atoms with van der Waals surface area (Å²) in [5.41, 5.74) is 2.74. The summed E-state index contributed by atoms with van der Waals surface area (Å²) in [7, 11) is 1.30. The number of nitrogens with zero attached hydrogens (tertiary/aromatic N) is 4. The van der Waals surface area contributed by atoms with Crippen LogP contribution in [0.25, 0.3) is 11.4 Å². The number of carbonyl (C=O) groups is 2. The van der Waals surface area contributed by atoms with E-state index in [1.807, 2.05) is 65.1 Å².